The van der Waals surface area contributed by atoms with Gasteiger partial charge < -0.3 is 88.4 Å². The zero-order valence-corrected chi connectivity index (χ0v) is 18.9. The first kappa shape index (κ1) is 214. The van der Waals surface area contributed by atoms with E-state index in [2.05, 4.69) is 0 Å². The molecule has 22 heavy (non-hydrogen) atoms. The third-order valence-electron chi connectivity index (χ3n) is 0. The molecular weight excluding hydrogens is 406 g/mol. The summed E-state index contributed by atoms with van der Waals surface area (Å²) in [5.41, 5.74) is 0. The zero-order chi connectivity index (χ0) is 7.15. The summed E-state index contributed by atoms with van der Waals surface area (Å²) in [4.78, 5) is 8.56. The smallest absolute Gasteiger partial charge is 1.00 e. The minimum Gasteiger partial charge on any atom is -1.00 e. The second-order valence-electron chi connectivity index (χ2n) is 0.629. The fourth-order valence-electron chi connectivity index (χ4n) is 0. The molecule has 142 valence electrons. The largest absolute Gasteiger partial charge is 1.00 e. The number of rotatable bonds is 0. The van der Waals surface area contributed by atoms with Gasteiger partial charge in [0.2, 0.25) is 0 Å². The van der Waals surface area contributed by atoms with Gasteiger partial charge in [-0.15, -0.1) is 0 Å². The van der Waals surface area contributed by atoms with Crippen LogP contribution >= 0.6 is 0 Å². The Kier molecular flexibility index (Phi) is 1830. The molecule has 0 spiro atoms. The molecule has 0 aromatic heterocycles. The van der Waals surface area contributed by atoms with E-state index in [-0.39, 0.29) is 142 Å². The summed E-state index contributed by atoms with van der Waals surface area (Å²) in [7, 11) is -2.17. The Bertz CT molecular complexity index is 80.9. The van der Waals surface area contributed by atoms with Crippen LogP contribution in [0.15, 0.2) is 0 Å². The van der Waals surface area contributed by atoms with Gasteiger partial charge in [-0.2, -0.15) is 0 Å². The Morgan fingerprint density at radius 3 is 0.591 bits per heavy atom. The third kappa shape index (κ3) is 4550. The van der Waals surface area contributed by atoms with E-state index in [4.69, 9.17) is 30.1 Å². The van der Waals surface area contributed by atoms with Gasteiger partial charge in [-0.3, -0.25) is 0 Å². The van der Waals surface area contributed by atoms with Crippen molar-refractivity contribution in [2.75, 3.05) is 0 Å². The fourth-order valence-corrected chi connectivity index (χ4v) is 0. The van der Waals surface area contributed by atoms with Crippen LogP contribution in [0.25, 0.3) is 0 Å². The van der Waals surface area contributed by atoms with Gasteiger partial charge in [0, 0.05) is 19.5 Å². The molecule has 0 atom stereocenters. The average Bonchev–Trinajstić information content (AvgIpc) is 1.25. The van der Waals surface area contributed by atoms with Crippen LogP contribution in [0.2, 0.25) is 0 Å². The summed E-state index contributed by atoms with van der Waals surface area (Å²) in [5.74, 6) is 0. The van der Waals surface area contributed by atoms with Gasteiger partial charge in [0.25, 0.3) is 0 Å². The first-order chi connectivity index (χ1) is 3.46. The van der Waals surface area contributed by atoms with E-state index in [1.807, 2.05) is 0 Å². The van der Waals surface area contributed by atoms with E-state index in [1.165, 1.54) is 0 Å². The predicted octanol–water partition coefficient (Wildman–Crippen LogP) is -16.7. The van der Waals surface area contributed by atoms with Crippen molar-refractivity contribution in [2.24, 2.45) is 0 Å². The van der Waals surface area contributed by atoms with Crippen LogP contribution in [-0.4, -0.2) is 99.0 Å². The molecule has 0 saturated heterocycles. The molecule has 0 unspecified atom stereocenters. The van der Waals surface area contributed by atoms with Crippen LogP contribution < -0.4 is 59.1 Å². The summed E-state index contributed by atoms with van der Waals surface area (Å²) < 4.78 is 0. The van der Waals surface area contributed by atoms with Gasteiger partial charge in [-0.1, -0.05) is 0 Å². The molecule has 0 fully saturated rings. The van der Waals surface area contributed by atoms with E-state index in [1.54, 1.807) is 0 Å². The standard InChI is InChI=1S/CH2O3.BH3O3.2Na.11H2O.Zn.2H/c2*2-1(3)4;;;;;;;;;;;;;;;;/h(H2,2,3,4);2-4H;;;11*1H2;;;/q;;2*+1;;;;;;;;;;;;;2*-1. The van der Waals surface area contributed by atoms with Crippen molar-refractivity contribution in [3.63, 3.8) is 0 Å². The maximum absolute atomic E-state index is 8.56. The van der Waals surface area contributed by atoms with Crippen LogP contribution in [0.5, 0.6) is 0 Å². The molecule has 0 radical (unpaired) electrons. The normalized spacial score (nSPS) is 2.32. The van der Waals surface area contributed by atoms with Gasteiger partial charge in [0.1, 0.15) is 0 Å². The Morgan fingerprint density at radius 2 is 0.591 bits per heavy atom. The molecule has 27 N–H and O–H groups in total. The second-order valence-corrected chi connectivity index (χ2v) is 0.629. The molecule has 0 amide bonds. The quantitative estimate of drug-likeness (QED) is 0.229. The summed E-state index contributed by atoms with van der Waals surface area (Å²) >= 11 is 0. The predicted molar refractivity (Wildman–Crippen MR) is 65.0 cm³/mol. The van der Waals surface area contributed by atoms with Crippen molar-refractivity contribution < 1.29 is 172 Å². The number of hydrogen-bond donors (Lipinski definition) is 5. The second kappa shape index (κ2) is 187. The van der Waals surface area contributed by atoms with Gasteiger partial charge in [-0.05, 0) is 0 Å². The minimum atomic E-state index is -2.17. The van der Waals surface area contributed by atoms with Gasteiger partial charge >= 0.3 is 72.6 Å². The molecule has 0 aliphatic rings. The molecule has 0 heterocycles. The molecule has 0 rings (SSSR count). The van der Waals surface area contributed by atoms with Crippen molar-refractivity contribution in [2.45, 2.75) is 0 Å². The van der Waals surface area contributed by atoms with Crippen LogP contribution in [0.3, 0.4) is 0 Å². The molecular formula is CH29BNa2O17Zn. The Morgan fingerprint density at radius 1 is 0.591 bits per heavy atom. The topological polar surface area (TPSA) is 465 Å². The van der Waals surface area contributed by atoms with Crippen LogP contribution in [-0.2, 0) is 19.5 Å². The molecule has 0 aromatic rings. The van der Waals surface area contributed by atoms with E-state index in [0.717, 1.165) is 0 Å². The summed E-state index contributed by atoms with van der Waals surface area (Å²) in [6, 6.07) is 0. The van der Waals surface area contributed by atoms with Crippen molar-refractivity contribution in [1.82, 2.24) is 0 Å². The van der Waals surface area contributed by atoms with Crippen LogP contribution in [0, 0.1) is 0 Å². The van der Waals surface area contributed by atoms with E-state index >= 15 is 0 Å². The molecule has 17 nitrogen and oxygen atoms in total. The Labute approximate surface area is 184 Å². The van der Waals surface area contributed by atoms with Gasteiger partial charge in [-0.25, -0.2) is 4.79 Å². The van der Waals surface area contributed by atoms with Crippen LogP contribution in [0.4, 0.5) is 4.79 Å². The zero-order valence-electron chi connectivity index (χ0n) is 13.9. The first-order valence-corrected chi connectivity index (χ1v) is 1.43. The number of carboxylic acid groups (broad SMARTS) is 2. The Balaban J connectivity index is -0.00000000112. The van der Waals surface area contributed by atoms with Crippen molar-refractivity contribution in [3.05, 3.63) is 0 Å². The van der Waals surface area contributed by atoms with E-state index < -0.39 is 13.5 Å². The Hall–Kier alpha value is 1.40. The van der Waals surface area contributed by atoms with Crippen molar-refractivity contribution in [1.29, 1.82) is 0 Å². The maximum Gasteiger partial charge on any atom is 1.00 e. The summed E-state index contributed by atoms with van der Waals surface area (Å²) in [6.45, 7) is 0. The van der Waals surface area contributed by atoms with Crippen molar-refractivity contribution in [3.8, 4) is 0 Å². The molecule has 0 bridgehead atoms. The summed E-state index contributed by atoms with van der Waals surface area (Å²) in [5, 5.41) is 35.4. The third-order valence-corrected chi connectivity index (χ3v) is 0. The number of carbonyl (C=O) groups is 1. The van der Waals surface area contributed by atoms with Crippen molar-refractivity contribution >= 4 is 13.5 Å². The summed E-state index contributed by atoms with van der Waals surface area (Å²) in [6.07, 6.45) is -1.83. The average molecular weight is 435 g/mol. The number of hydrogen-bond acceptors (Lipinski definition) is 4. The molecule has 21 heteroatoms. The minimum absolute atomic E-state index is 0. The maximum atomic E-state index is 8.56. The first-order valence-electron chi connectivity index (χ1n) is 1.43. The molecule has 0 aromatic carbocycles. The van der Waals surface area contributed by atoms with Crippen LogP contribution in [0.1, 0.15) is 2.85 Å². The SMILES string of the molecule is O.O.O.O.O.O.O.O.O.O.O.O=C(O)O.OB(O)O.[H-].[H-].[Na+].[Na+].[Zn]. The van der Waals surface area contributed by atoms with Gasteiger partial charge in [0.05, 0.1) is 0 Å². The monoisotopic (exact) mass is 434 g/mol. The van der Waals surface area contributed by atoms with E-state index in [9.17, 15) is 0 Å². The van der Waals surface area contributed by atoms with Gasteiger partial charge in [0.15, 0.2) is 0 Å². The molecule has 0 aliphatic heterocycles. The molecule has 0 aliphatic carbocycles. The fraction of sp³-hybridized carbons (Fsp3) is 0. The molecule has 0 saturated carbocycles. The van der Waals surface area contributed by atoms with E-state index in [0.29, 0.717) is 0 Å².